The number of methoxy groups -OCH3 is 1. The van der Waals surface area contributed by atoms with Gasteiger partial charge in [-0.2, -0.15) is 5.26 Å². The summed E-state index contributed by atoms with van der Waals surface area (Å²) in [6.07, 6.45) is 0. The van der Waals surface area contributed by atoms with Crippen molar-refractivity contribution >= 4 is 0 Å². The Morgan fingerprint density at radius 1 is 1.00 bits per heavy atom. The zero-order valence-corrected chi connectivity index (χ0v) is 13.3. The number of ether oxygens (including phenoxy) is 1. The summed E-state index contributed by atoms with van der Waals surface area (Å²) in [5.74, 6) is 0.764. The first-order chi connectivity index (χ1) is 11.7. The van der Waals surface area contributed by atoms with E-state index >= 15 is 0 Å². The Morgan fingerprint density at radius 3 is 2.33 bits per heavy atom. The van der Waals surface area contributed by atoms with Crippen molar-refractivity contribution in [2.24, 2.45) is 0 Å². The van der Waals surface area contributed by atoms with Crippen LogP contribution in [-0.4, -0.2) is 11.7 Å². The van der Waals surface area contributed by atoms with E-state index in [0.29, 0.717) is 6.54 Å². The van der Waals surface area contributed by atoms with E-state index < -0.39 is 0 Å². The predicted molar refractivity (Wildman–Crippen MR) is 92.9 cm³/mol. The fraction of sp³-hybridized carbons (Fsp3) is 0.100. The summed E-state index contributed by atoms with van der Waals surface area (Å²) < 4.78 is 6.80. The second kappa shape index (κ2) is 6.84. The Balaban J connectivity index is 2.10. The molecule has 4 heteroatoms. The minimum absolute atomic E-state index is 0.142. The van der Waals surface area contributed by atoms with Gasteiger partial charge in [0.25, 0.3) is 5.56 Å². The number of rotatable bonds is 4. The summed E-state index contributed by atoms with van der Waals surface area (Å²) in [6, 6.07) is 22.6. The number of nitrogens with zero attached hydrogens (tertiary/aromatic N) is 2. The number of nitriles is 1. The van der Waals surface area contributed by atoms with E-state index in [1.807, 2.05) is 66.7 Å². The van der Waals surface area contributed by atoms with Gasteiger partial charge in [-0.05, 0) is 35.4 Å². The van der Waals surface area contributed by atoms with E-state index in [0.717, 1.165) is 22.6 Å². The minimum Gasteiger partial charge on any atom is -0.497 e. The molecule has 0 spiro atoms. The van der Waals surface area contributed by atoms with Crippen LogP contribution in [0.1, 0.15) is 11.1 Å². The zero-order valence-electron chi connectivity index (χ0n) is 13.3. The van der Waals surface area contributed by atoms with Gasteiger partial charge >= 0.3 is 0 Å². The second-order valence-corrected chi connectivity index (χ2v) is 5.35. The molecule has 0 saturated carbocycles. The monoisotopic (exact) mass is 316 g/mol. The summed E-state index contributed by atoms with van der Waals surface area (Å²) in [4.78, 5) is 12.6. The van der Waals surface area contributed by atoms with Gasteiger partial charge < -0.3 is 9.30 Å². The molecular weight excluding hydrogens is 300 g/mol. The summed E-state index contributed by atoms with van der Waals surface area (Å²) in [7, 11) is 1.61. The molecule has 1 aromatic heterocycles. The minimum atomic E-state index is -0.283. The first-order valence-electron chi connectivity index (χ1n) is 7.55. The maximum Gasteiger partial charge on any atom is 0.269 e. The molecule has 3 aromatic rings. The molecule has 0 aliphatic carbocycles. The number of aromatic nitrogens is 1. The first kappa shape index (κ1) is 15.6. The molecule has 4 nitrogen and oxygen atoms in total. The third-order valence-corrected chi connectivity index (χ3v) is 3.86. The molecule has 0 radical (unpaired) electrons. The number of benzene rings is 2. The maximum atomic E-state index is 12.6. The Labute approximate surface area is 140 Å². The standard InChI is InChI=1S/C20H16N2O2/c1-24-18-10-7-15(8-11-18)14-22-19(16-5-3-2-4-6-16)12-9-17(13-21)20(22)23/h2-12H,14H2,1H3. The third-order valence-electron chi connectivity index (χ3n) is 3.86. The topological polar surface area (TPSA) is 55.0 Å². The van der Waals surface area contributed by atoms with Gasteiger partial charge in [0.1, 0.15) is 17.4 Å². The normalized spacial score (nSPS) is 10.2. The van der Waals surface area contributed by atoms with Crippen molar-refractivity contribution in [1.82, 2.24) is 4.57 Å². The third kappa shape index (κ3) is 3.06. The molecule has 118 valence electrons. The highest BCUT2D eigenvalue weighted by Gasteiger charge is 2.11. The molecule has 24 heavy (non-hydrogen) atoms. The average Bonchev–Trinajstić information content (AvgIpc) is 2.64. The highest BCUT2D eigenvalue weighted by molar-refractivity contribution is 5.60. The van der Waals surface area contributed by atoms with Gasteiger partial charge in [0.05, 0.1) is 19.3 Å². The van der Waals surface area contributed by atoms with Crippen LogP contribution in [0.2, 0.25) is 0 Å². The summed E-state index contributed by atoms with van der Waals surface area (Å²) in [5, 5.41) is 9.16. The highest BCUT2D eigenvalue weighted by atomic mass is 16.5. The van der Waals surface area contributed by atoms with Crippen LogP contribution in [0.15, 0.2) is 71.5 Å². The first-order valence-corrected chi connectivity index (χ1v) is 7.55. The van der Waals surface area contributed by atoms with Gasteiger partial charge in [0.2, 0.25) is 0 Å². The van der Waals surface area contributed by atoms with Crippen LogP contribution in [-0.2, 0) is 6.54 Å². The van der Waals surface area contributed by atoms with Crippen molar-refractivity contribution in [1.29, 1.82) is 5.26 Å². The van der Waals surface area contributed by atoms with E-state index in [9.17, 15) is 4.79 Å². The van der Waals surface area contributed by atoms with Gasteiger partial charge in [-0.15, -0.1) is 0 Å². The van der Waals surface area contributed by atoms with Crippen molar-refractivity contribution in [2.75, 3.05) is 7.11 Å². The number of pyridine rings is 1. The van der Waals surface area contributed by atoms with Crippen LogP contribution in [0.25, 0.3) is 11.3 Å². The molecule has 0 amide bonds. The zero-order chi connectivity index (χ0) is 16.9. The lowest BCUT2D eigenvalue weighted by molar-refractivity contribution is 0.414. The Morgan fingerprint density at radius 2 is 1.71 bits per heavy atom. The maximum absolute atomic E-state index is 12.6. The van der Waals surface area contributed by atoms with Crippen molar-refractivity contribution < 1.29 is 4.74 Å². The van der Waals surface area contributed by atoms with E-state index in [-0.39, 0.29) is 11.1 Å². The lowest BCUT2D eigenvalue weighted by atomic mass is 10.1. The summed E-state index contributed by atoms with van der Waals surface area (Å²) in [5.41, 5.74) is 2.55. The van der Waals surface area contributed by atoms with Gasteiger partial charge in [-0.1, -0.05) is 42.5 Å². The molecule has 0 bridgehead atoms. The molecule has 3 rings (SSSR count). The fourth-order valence-electron chi connectivity index (χ4n) is 2.59. The summed E-state index contributed by atoms with van der Waals surface area (Å²) >= 11 is 0. The predicted octanol–water partition coefficient (Wildman–Crippen LogP) is 3.44. The molecule has 0 unspecified atom stereocenters. The van der Waals surface area contributed by atoms with Crippen molar-refractivity contribution in [3.8, 4) is 23.1 Å². The van der Waals surface area contributed by atoms with Crippen molar-refractivity contribution in [3.63, 3.8) is 0 Å². The van der Waals surface area contributed by atoms with E-state index in [4.69, 9.17) is 10.00 Å². The van der Waals surface area contributed by atoms with Crippen molar-refractivity contribution in [2.45, 2.75) is 6.54 Å². The molecule has 0 atom stereocenters. The SMILES string of the molecule is COc1ccc(Cn2c(-c3ccccc3)ccc(C#N)c2=O)cc1. The average molecular weight is 316 g/mol. The summed E-state index contributed by atoms with van der Waals surface area (Å²) in [6.45, 7) is 0.391. The highest BCUT2D eigenvalue weighted by Crippen LogP contribution is 2.20. The molecule has 2 aromatic carbocycles. The van der Waals surface area contributed by atoms with Crippen LogP contribution >= 0.6 is 0 Å². The second-order valence-electron chi connectivity index (χ2n) is 5.35. The van der Waals surface area contributed by atoms with Gasteiger partial charge in [-0.3, -0.25) is 4.79 Å². The quantitative estimate of drug-likeness (QED) is 0.741. The van der Waals surface area contributed by atoms with Crippen LogP contribution < -0.4 is 10.3 Å². The smallest absolute Gasteiger partial charge is 0.269 e. The van der Waals surface area contributed by atoms with E-state index in [1.54, 1.807) is 17.7 Å². The van der Waals surface area contributed by atoms with E-state index in [2.05, 4.69) is 0 Å². The van der Waals surface area contributed by atoms with E-state index in [1.165, 1.54) is 0 Å². The lowest BCUT2D eigenvalue weighted by Crippen LogP contribution is -2.24. The van der Waals surface area contributed by atoms with Gasteiger partial charge in [0, 0.05) is 0 Å². The molecule has 0 saturated heterocycles. The lowest BCUT2D eigenvalue weighted by Gasteiger charge is -2.14. The Bertz CT molecular complexity index is 936. The number of hydrogen-bond acceptors (Lipinski definition) is 3. The largest absolute Gasteiger partial charge is 0.497 e. The van der Waals surface area contributed by atoms with Crippen LogP contribution in [0.3, 0.4) is 0 Å². The van der Waals surface area contributed by atoms with Gasteiger partial charge in [0.15, 0.2) is 0 Å². The van der Waals surface area contributed by atoms with Gasteiger partial charge in [-0.25, -0.2) is 0 Å². The molecule has 0 aliphatic heterocycles. The number of hydrogen-bond donors (Lipinski definition) is 0. The molecule has 0 aliphatic rings. The van der Waals surface area contributed by atoms with Crippen LogP contribution in [0.5, 0.6) is 5.75 Å². The van der Waals surface area contributed by atoms with Crippen LogP contribution in [0, 0.1) is 11.3 Å². The molecular formula is C20H16N2O2. The molecule has 1 heterocycles. The molecule has 0 N–H and O–H groups in total. The Kier molecular flexibility index (Phi) is 4.44. The van der Waals surface area contributed by atoms with Crippen molar-refractivity contribution in [3.05, 3.63) is 88.2 Å². The van der Waals surface area contributed by atoms with Crippen LogP contribution in [0.4, 0.5) is 0 Å². The Hall–Kier alpha value is -3.32. The molecule has 0 fully saturated rings. The fourth-order valence-corrected chi connectivity index (χ4v) is 2.59.